The van der Waals surface area contributed by atoms with Crippen molar-refractivity contribution < 1.29 is 0 Å². The van der Waals surface area contributed by atoms with Gasteiger partial charge in [-0.2, -0.15) is 0 Å². The van der Waals surface area contributed by atoms with Gasteiger partial charge in [0, 0.05) is 17.6 Å². The van der Waals surface area contributed by atoms with Crippen LogP contribution in [0, 0.1) is 0 Å². The Morgan fingerprint density at radius 1 is 1.37 bits per heavy atom. The zero-order chi connectivity index (χ0) is 13.8. The molecule has 1 aromatic heterocycles. The molecule has 1 heterocycles. The highest BCUT2D eigenvalue weighted by Gasteiger charge is 2.18. The highest BCUT2D eigenvalue weighted by atomic mass is 35.5. The number of hydrogen-bond acceptors (Lipinski definition) is 3. The lowest BCUT2D eigenvalue weighted by Crippen LogP contribution is -2.24. The van der Waals surface area contributed by atoms with Crippen molar-refractivity contribution >= 4 is 34.5 Å². The molecule has 2 rings (SSSR count). The van der Waals surface area contributed by atoms with Crippen LogP contribution in [-0.2, 0) is 0 Å². The van der Waals surface area contributed by atoms with Crippen LogP contribution in [0.3, 0.4) is 0 Å². The van der Waals surface area contributed by atoms with Crippen molar-refractivity contribution in [1.82, 2.24) is 10.3 Å². The van der Waals surface area contributed by atoms with Crippen molar-refractivity contribution in [3.8, 4) is 0 Å². The van der Waals surface area contributed by atoms with Gasteiger partial charge in [-0.25, -0.2) is 4.98 Å². The molecule has 2 unspecified atom stereocenters. The topological polar surface area (TPSA) is 24.9 Å². The summed E-state index contributed by atoms with van der Waals surface area (Å²) in [6.07, 6.45) is 2.82. The van der Waals surface area contributed by atoms with E-state index >= 15 is 0 Å². The second-order valence-corrected chi connectivity index (χ2v) is 6.07. The average molecular weight is 315 g/mol. The smallest absolute Gasteiger partial charge is 0.109 e. The third-order valence-electron chi connectivity index (χ3n) is 3.06. The molecule has 2 aromatic rings. The number of hydrogen-bond donors (Lipinski definition) is 1. The van der Waals surface area contributed by atoms with Crippen LogP contribution < -0.4 is 5.32 Å². The second kappa shape index (κ2) is 6.71. The van der Waals surface area contributed by atoms with Crippen molar-refractivity contribution in [2.24, 2.45) is 0 Å². The Labute approximate surface area is 127 Å². The van der Waals surface area contributed by atoms with Gasteiger partial charge in [0.05, 0.1) is 16.1 Å². The van der Waals surface area contributed by atoms with Crippen LogP contribution in [0.15, 0.2) is 29.8 Å². The molecule has 0 aliphatic carbocycles. The summed E-state index contributed by atoms with van der Waals surface area (Å²) in [4.78, 5) is 4.37. The molecule has 0 fully saturated rings. The van der Waals surface area contributed by atoms with Crippen molar-refractivity contribution in [2.75, 3.05) is 0 Å². The second-order valence-electron chi connectivity index (χ2n) is 4.36. The lowest BCUT2D eigenvalue weighted by molar-refractivity contribution is 0.455. The van der Waals surface area contributed by atoms with Crippen LogP contribution in [-0.4, -0.2) is 4.98 Å². The van der Waals surface area contributed by atoms with Gasteiger partial charge < -0.3 is 5.32 Å². The van der Waals surface area contributed by atoms with E-state index in [1.54, 1.807) is 17.4 Å². The van der Waals surface area contributed by atoms with Crippen molar-refractivity contribution in [3.63, 3.8) is 0 Å². The van der Waals surface area contributed by atoms with E-state index in [0.29, 0.717) is 10.0 Å². The average Bonchev–Trinajstić information content (AvgIpc) is 2.92. The van der Waals surface area contributed by atoms with Gasteiger partial charge in [0.15, 0.2) is 0 Å². The van der Waals surface area contributed by atoms with Gasteiger partial charge in [0.1, 0.15) is 5.01 Å². The quantitative estimate of drug-likeness (QED) is 0.815. The summed E-state index contributed by atoms with van der Waals surface area (Å²) in [5.41, 5.74) is 1.02. The number of nitrogens with zero attached hydrogens (tertiary/aromatic N) is 1. The fourth-order valence-corrected chi connectivity index (χ4v) is 3.27. The van der Waals surface area contributed by atoms with Crippen LogP contribution in [0.4, 0.5) is 0 Å². The lowest BCUT2D eigenvalue weighted by Gasteiger charge is -2.22. The Bertz CT molecular complexity index is 528. The van der Waals surface area contributed by atoms with E-state index in [2.05, 4.69) is 24.1 Å². The number of rotatable bonds is 5. The summed E-state index contributed by atoms with van der Waals surface area (Å²) in [6, 6.07) is 6.09. The van der Waals surface area contributed by atoms with Crippen LogP contribution in [0.25, 0.3) is 0 Å². The van der Waals surface area contributed by atoms with Crippen LogP contribution >= 0.6 is 34.5 Å². The zero-order valence-electron chi connectivity index (χ0n) is 10.9. The van der Waals surface area contributed by atoms with Crippen molar-refractivity contribution in [2.45, 2.75) is 32.4 Å². The largest absolute Gasteiger partial charge is 0.301 e. The summed E-state index contributed by atoms with van der Waals surface area (Å²) in [6.45, 7) is 4.24. The SMILES string of the molecule is CCC(NC(C)c1cccc(Cl)c1Cl)c1nccs1. The molecule has 2 nitrogen and oxygen atoms in total. The summed E-state index contributed by atoms with van der Waals surface area (Å²) in [5, 5.41) is 7.88. The predicted octanol–water partition coefficient (Wildman–Crippen LogP) is 5.25. The first kappa shape index (κ1) is 14.8. The molecular weight excluding hydrogens is 299 g/mol. The van der Waals surface area contributed by atoms with E-state index in [0.717, 1.165) is 17.0 Å². The highest BCUT2D eigenvalue weighted by Crippen LogP contribution is 2.31. The molecule has 2 atom stereocenters. The van der Waals surface area contributed by atoms with Crippen LogP contribution in [0.5, 0.6) is 0 Å². The van der Waals surface area contributed by atoms with E-state index in [-0.39, 0.29) is 12.1 Å². The molecule has 1 aromatic carbocycles. The standard InChI is InChI=1S/C14H16Cl2N2S/c1-3-12(14-17-7-8-19-14)18-9(2)10-5-4-6-11(15)13(10)16/h4-9,12,18H,3H2,1-2H3. The zero-order valence-corrected chi connectivity index (χ0v) is 13.2. The molecule has 19 heavy (non-hydrogen) atoms. The molecule has 102 valence electrons. The minimum atomic E-state index is 0.125. The maximum atomic E-state index is 6.25. The molecule has 0 radical (unpaired) electrons. The minimum Gasteiger partial charge on any atom is -0.301 e. The molecule has 0 bridgehead atoms. The van der Waals surface area contributed by atoms with E-state index in [1.807, 2.05) is 23.7 Å². The third-order valence-corrected chi connectivity index (χ3v) is 4.78. The van der Waals surface area contributed by atoms with E-state index in [4.69, 9.17) is 23.2 Å². The minimum absolute atomic E-state index is 0.125. The monoisotopic (exact) mass is 314 g/mol. The summed E-state index contributed by atoms with van der Waals surface area (Å²) in [7, 11) is 0. The number of aromatic nitrogens is 1. The van der Waals surface area contributed by atoms with Gasteiger partial charge in [-0.3, -0.25) is 0 Å². The molecule has 0 aliphatic heterocycles. The Kier molecular flexibility index (Phi) is 5.22. The first-order valence-corrected chi connectivity index (χ1v) is 7.86. The Morgan fingerprint density at radius 2 is 2.16 bits per heavy atom. The first-order chi connectivity index (χ1) is 9.13. The number of benzene rings is 1. The lowest BCUT2D eigenvalue weighted by atomic mass is 10.1. The number of halogens is 2. The molecule has 0 saturated carbocycles. The highest BCUT2D eigenvalue weighted by molar-refractivity contribution is 7.09. The maximum absolute atomic E-state index is 6.25. The Balaban J connectivity index is 2.16. The van der Waals surface area contributed by atoms with Crippen LogP contribution in [0.1, 0.15) is 42.9 Å². The third kappa shape index (κ3) is 3.48. The summed E-state index contributed by atoms with van der Waals surface area (Å²) in [5.74, 6) is 0. The van der Waals surface area contributed by atoms with Gasteiger partial charge in [0.2, 0.25) is 0 Å². The van der Waals surface area contributed by atoms with Gasteiger partial charge in [-0.05, 0) is 25.0 Å². The summed E-state index contributed by atoms with van der Waals surface area (Å²) >= 11 is 14.0. The molecular formula is C14H16Cl2N2S. The molecule has 0 amide bonds. The van der Waals surface area contributed by atoms with Gasteiger partial charge in [0.25, 0.3) is 0 Å². The maximum Gasteiger partial charge on any atom is 0.109 e. The Morgan fingerprint density at radius 3 is 2.79 bits per heavy atom. The number of nitrogens with one attached hydrogen (secondary N) is 1. The van der Waals surface area contributed by atoms with Crippen molar-refractivity contribution in [1.29, 1.82) is 0 Å². The van der Waals surface area contributed by atoms with E-state index in [9.17, 15) is 0 Å². The molecule has 0 aliphatic rings. The Hall–Kier alpha value is -0.610. The predicted molar refractivity (Wildman–Crippen MR) is 83.2 cm³/mol. The van der Waals surface area contributed by atoms with Gasteiger partial charge in [-0.1, -0.05) is 42.3 Å². The normalized spacial score (nSPS) is 14.3. The van der Waals surface area contributed by atoms with Crippen molar-refractivity contribution in [3.05, 3.63) is 50.4 Å². The van der Waals surface area contributed by atoms with E-state index < -0.39 is 0 Å². The van der Waals surface area contributed by atoms with E-state index in [1.165, 1.54) is 0 Å². The fourth-order valence-electron chi connectivity index (χ4n) is 2.02. The van der Waals surface area contributed by atoms with Crippen LogP contribution in [0.2, 0.25) is 10.0 Å². The molecule has 0 spiro atoms. The van der Waals surface area contributed by atoms with Gasteiger partial charge in [-0.15, -0.1) is 11.3 Å². The van der Waals surface area contributed by atoms with Gasteiger partial charge >= 0.3 is 0 Å². The summed E-state index contributed by atoms with van der Waals surface area (Å²) < 4.78 is 0. The first-order valence-electron chi connectivity index (χ1n) is 6.22. The molecule has 0 saturated heterocycles. The molecule has 5 heteroatoms. The molecule has 1 N–H and O–H groups in total. The fraction of sp³-hybridized carbons (Fsp3) is 0.357. The number of thiazole rings is 1.